The van der Waals surface area contributed by atoms with Crippen molar-refractivity contribution >= 4 is 11.8 Å². The fourth-order valence-corrected chi connectivity index (χ4v) is 5.46. The molecule has 2 fully saturated rings. The van der Waals surface area contributed by atoms with Gasteiger partial charge in [-0.2, -0.15) is 0 Å². The predicted octanol–water partition coefficient (Wildman–Crippen LogP) is 7.72. The SMILES string of the molecule is C/C=C(/CCC1CCC(C(=O)C=C2CCC(c3ccc(OC)cc3)CC2)CC1)C(=O)OC(C)(C)C. The Bertz CT molecular complexity index is 898. The van der Waals surface area contributed by atoms with E-state index in [4.69, 9.17) is 9.47 Å². The zero-order chi connectivity index (χ0) is 25.4. The van der Waals surface area contributed by atoms with Crippen LogP contribution in [0.4, 0.5) is 0 Å². The van der Waals surface area contributed by atoms with Crippen LogP contribution in [-0.4, -0.2) is 24.5 Å². The molecule has 192 valence electrons. The van der Waals surface area contributed by atoms with Gasteiger partial charge in [-0.15, -0.1) is 0 Å². The summed E-state index contributed by atoms with van der Waals surface area (Å²) < 4.78 is 10.8. The van der Waals surface area contributed by atoms with Crippen molar-refractivity contribution in [2.45, 2.75) is 103 Å². The van der Waals surface area contributed by atoms with Gasteiger partial charge in [0.25, 0.3) is 0 Å². The van der Waals surface area contributed by atoms with Crippen LogP contribution in [0, 0.1) is 11.8 Å². The fourth-order valence-electron chi connectivity index (χ4n) is 5.46. The second-order valence-corrected chi connectivity index (χ2v) is 11.3. The molecule has 2 saturated carbocycles. The Morgan fingerprint density at radius 3 is 2.14 bits per heavy atom. The van der Waals surface area contributed by atoms with E-state index in [9.17, 15) is 9.59 Å². The number of carbonyl (C=O) groups is 2. The Morgan fingerprint density at radius 2 is 1.60 bits per heavy atom. The van der Waals surface area contributed by atoms with Crippen LogP contribution in [0.25, 0.3) is 0 Å². The summed E-state index contributed by atoms with van der Waals surface area (Å²) >= 11 is 0. The van der Waals surface area contributed by atoms with Gasteiger partial charge in [0.15, 0.2) is 5.78 Å². The van der Waals surface area contributed by atoms with Gasteiger partial charge in [-0.1, -0.05) is 23.8 Å². The third kappa shape index (κ3) is 8.37. The van der Waals surface area contributed by atoms with E-state index in [2.05, 4.69) is 12.1 Å². The molecule has 0 bridgehead atoms. The van der Waals surface area contributed by atoms with Gasteiger partial charge in [-0.05, 0) is 128 Å². The van der Waals surface area contributed by atoms with E-state index in [1.54, 1.807) is 7.11 Å². The minimum Gasteiger partial charge on any atom is -0.497 e. The second-order valence-electron chi connectivity index (χ2n) is 11.3. The smallest absolute Gasteiger partial charge is 0.334 e. The highest BCUT2D eigenvalue weighted by Crippen LogP contribution is 2.37. The minimum atomic E-state index is -0.465. The normalized spacial score (nSPS) is 23.5. The standard InChI is InChI=1S/C31H44O4/c1-6-24(30(33)35-31(2,3)4)12-7-22-8-15-27(16-9-22)29(32)21-23-10-13-25(14-11-23)26-17-19-28(34-5)20-18-26/h6,17-22,25,27H,7-16H2,1-5H3/b23-21?,24-6-. The summed E-state index contributed by atoms with van der Waals surface area (Å²) in [6.45, 7) is 7.61. The van der Waals surface area contributed by atoms with Crippen LogP contribution in [0.3, 0.4) is 0 Å². The lowest BCUT2D eigenvalue weighted by atomic mass is 9.76. The molecule has 0 aromatic heterocycles. The van der Waals surface area contributed by atoms with Gasteiger partial charge in [0.1, 0.15) is 11.4 Å². The van der Waals surface area contributed by atoms with E-state index in [1.165, 1.54) is 11.1 Å². The molecule has 0 radical (unpaired) electrons. The maximum absolute atomic E-state index is 13.0. The number of carbonyl (C=O) groups excluding carboxylic acids is 2. The number of methoxy groups -OCH3 is 1. The molecule has 0 heterocycles. The Hall–Kier alpha value is -2.36. The molecule has 0 N–H and O–H groups in total. The molecule has 1 aromatic carbocycles. The van der Waals surface area contributed by atoms with Crippen LogP contribution in [0.2, 0.25) is 0 Å². The van der Waals surface area contributed by atoms with Gasteiger partial charge in [-0.3, -0.25) is 4.79 Å². The van der Waals surface area contributed by atoms with Crippen molar-refractivity contribution in [1.29, 1.82) is 0 Å². The zero-order valence-corrected chi connectivity index (χ0v) is 22.4. The highest BCUT2D eigenvalue weighted by Gasteiger charge is 2.27. The topological polar surface area (TPSA) is 52.6 Å². The molecule has 4 nitrogen and oxygen atoms in total. The minimum absolute atomic E-state index is 0.171. The molecule has 0 spiro atoms. The van der Waals surface area contributed by atoms with Crippen LogP contribution in [0.1, 0.15) is 103 Å². The summed E-state index contributed by atoms with van der Waals surface area (Å²) in [6.07, 6.45) is 14.0. The van der Waals surface area contributed by atoms with E-state index < -0.39 is 5.60 Å². The molecular weight excluding hydrogens is 436 g/mol. The summed E-state index contributed by atoms with van der Waals surface area (Å²) in [6, 6.07) is 8.43. The van der Waals surface area contributed by atoms with E-state index in [0.29, 0.717) is 17.6 Å². The van der Waals surface area contributed by atoms with Crippen molar-refractivity contribution in [3.8, 4) is 5.75 Å². The quantitative estimate of drug-likeness (QED) is 0.282. The van der Waals surface area contributed by atoms with E-state index >= 15 is 0 Å². The first-order valence-corrected chi connectivity index (χ1v) is 13.4. The van der Waals surface area contributed by atoms with Crippen LogP contribution in [-0.2, 0) is 14.3 Å². The number of esters is 1. The molecule has 4 heteroatoms. The lowest BCUT2D eigenvalue weighted by Gasteiger charge is -2.28. The number of ketones is 1. The number of rotatable bonds is 8. The molecule has 2 aliphatic carbocycles. The number of ether oxygens (including phenoxy) is 2. The molecule has 3 rings (SSSR count). The lowest BCUT2D eigenvalue weighted by Crippen LogP contribution is -2.25. The number of allylic oxidation sites excluding steroid dienone is 3. The summed E-state index contributed by atoms with van der Waals surface area (Å²) in [5, 5.41) is 0. The van der Waals surface area contributed by atoms with Gasteiger partial charge in [0, 0.05) is 11.5 Å². The van der Waals surface area contributed by atoms with Crippen molar-refractivity contribution in [3.05, 3.63) is 53.1 Å². The van der Waals surface area contributed by atoms with Crippen LogP contribution >= 0.6 is 0 Å². The number of hydrogen-bond acceptors (Lipinski definition) is 4. The Labute approximate surface area is 212 Å². The molecule has 0 amide bonds. The monoisotopic (exact) mass is 480 g/mol. The average Bonchev–Trinajstić information content (AvgIpc) is 2.84. The molecular formula is C31H44O4. The van der Waals surface area contributed by atoms with E-state index in [1.807, 2.05) is 52.0 Å². The van der Waals surface area contributed by atoms with Crippen molar-refractivity contribution in [2.75, 3.05) is 7.11 Å². The highest BCUT2D eigenvalue weighted by molar-refractivity contribution is 5.92. The van der Waals surface area contributed by atoms with Crippen LogP contribution < -0.4 is 4.74 Å². The van der Waals surface area contributed by atoms with Gasteiger partial charge < -0.3 is 9.47 Å². The molecule has 0 atom stereocenters. The van der Waals surface area contributed by atoms with E-state index in [-0.39, 0.29) is 11.9 Å². The summed E-state index contributed by atoms with van der Waals surface area (Å²) in [5.74, 6) is 2.37. The third-order valence-corrected chi connectivity index (χ3v) is 7.64. The number of hydrogen-bond donors (Lipinski definition) is 0. The first-order chi connectivity index (χ1) is 16.7. The molecule has 0 unspecified atom stereocenters. The fraction of sp³-hybridized carbons (Fsp3) is 0.613. The third-order valence-electron chi connectivity index (χ3n) is 7.64. The molecule has 2 aliphatic rings. The maximum Gasteiger partial charge on any atom is 0.334 e. The molecule has 0 saturated heterocycles. The van der Waals surface area contributed by atoms with Gasteiger partial charge >= 0.3 is 5.97 Å². The van der Waals surface area contributed by atoms with Crippen LogP contribution in [0.5, 0.6) is 5.75 Å². The van der Waals surface area contributed by atoms with Gasteiger partial charge in [0.05, 0.1) is 7.11 Å². The van der Waals surface area contributed by atoms with Crippen molar-refractivity contribution < 1.29 is 19.1 Å². The largest absolute Gasteiger partial charge is 0.497 e. The van der Waals surface area contributed by atoms with Gasteiger partial charge in [0.2, 0.25) is 0 Å². The van der Waals surface area contributed by atoms with E-state index in [0.717, 1.165) is 75.5 Å². The molecule has 1 aromatic rings. The first-order valence-electron chi connectivity index (χ1n) is 13.4. The highest BCUT2D eigenvalue weighted by atomic mass is 16.6. The summed E-state index contributed by atoms with van der Waals surface area (Å²) in [7, 11) is 1.70. The maximum atomic E-state index is 13.0. The zero-order valence-electron chi connectivity index (χ0n) is 22.4. The molecule has 35 heavy (non-hydrogen) atoms. The number of benzene rings is 1. The van der Waals surface area contributed by atoms with Crippen molar-refractivity contribution in [3.63, 3.8) is 0 Å². The van der Waals surface area contributed by atoms with Gasteiger partial charge in [-0.25, -0.2) is 4.79 Å². The Balaban J connectivity index is 1.41. The van der Waals surface area contributed by atoms with Crippen molar-refractivity contribution in [2.24, 2.45) is 11.8 Å². The average molecular weight is 481 g/mol. The van der Waals surface area contributed by atoms with Crippen LogP contribution in [0.15, 0.2) is 47.6 Å². The molecule has 0 aliphatic heterocycles. The predicted molar refractivity (Wildman–Crippen MR) is 142 cm³/mol. The lowest BCUT2D eigenvalue weighted by molar-refractivity contribution is -0.150. The first kappa shape index (κ1) is 27.2. The van der Waals surface area contributed by atoms with Crippen molar-refractivity contribution in [1.82, 2.24) is 0 Å². The second kappa shape index (κ2) is 12.6. The summed E-state index contributed by atoms with van der Waals surface area (Å²) in [5.41, 5.74) is 3.01. The Morgan fingerprint density at radius 1 is 0.971 bits per heavy atom. The Kier molecular flexibility index (Phi) is 9.77. The summed E-state index contributed by atoms with van der Waals surface area (Å²) in [4.78, 5) is 25.3.